The number of anilines is 4. The number of piperidine rings is 1. The van der Waals surface area contributed by atoms with Gasteiger partial charge in [-0.2, -0.15) is 0 Å². The van der Waals surface area contributed by atoms with Crippen molar-refractivity contribution in [2.24, 2.45) is 0 Å². The van der Waals surface area contributed by atoms with Crippen LogP contribution in [0.25, 0.3) is 28.3 Å². The maximum atomic E-state index is 14.3. The molecule has 8 rings (SSSR count). The summed E-state index contributed by atoms with van der Waals surface area (Å²) in [5.74, 6) is -1.42. The molecule has 0 aliphatic carbocycles. The molecule has 13 nitrogen and oxygen atoms in total. The van der Waals surface area contributed by atoms with Crippen LogP contribution in [0.4, 0.5) is 31.8 Å². The summed E-state index contributed by atoms with van der Waals surface area (Å²) in [6, 6.07) is 21.6. The van der Waals surface area contributed by atoms with Gasteiger partial charge in [0.1, 0.15) is 28.7 Å². The molecule has 0 radical (unpaired) electrons. The van der Waals surface area contributed by atoms with E-state index in [0.717, 1.165) is 69.9 Å². The average Bonchev–Trinajstić information content (AvgIpc) is 3.65. The molecule has 1 atom stereocenters. The first-order chi connectivity index (χ1) is 28.6. The Labute approximate surface area is 347 Å². The van der Waals surface area contributed by atoms with E-state index in [-0.39, 0.29) is 17.3 Å². The van der Waals surface area contributed by atoms with Crippen LogP contribution in [0.3, 0.4) is 0 Å². The molecule has 17 heteroatoms. The number of aromatic nitrogens is 4. The number of methoxy groups -OCH3 is 1. The molecule has 5 heterocycles. The van der Waals surface area contributed by atoms with E-state index < -0.39 is 34.3 Å². The van der Waals surface area contributed by atoms with Gasteiger partial charge in [0.15, 0.2) is 0 Å². The molecule has 6 aromatic rings. The van der Waals surface area contributed by atoms with Crippen LogP contribution in [0.15, 0.2) is 91.3 Å². The van der Waals surface area contributed by atoms with Gasteiger partial charge in [-0.3, -0.25) is 23.2 Å². The van der Waals surface area contributed by atoms with Crippen LogP contribution in [0.2, 0.25) is 5.02 Å². The summed E-state index contributed by atoms with van der Waals surface area (Å²) in [6.07, 6.45) is 5.47. The van der Waals surface area contributed by atoms with Crippen LogP contribution in [0.1, 0.15) is 23.2 Å². The number of nitrogens with one attached hydrogen (secondary N) is 2. The van der Waals surface area contributed by atoms with Gasteiger partial charge in [0.25, 0.3) is 5.91 Å². The molecule has 3 aromatic heterocycles. The highest BCUT2D eigenvalue weighted by Crippen LogP contribution is 2.40. The number of rotatable bonds is 12. The number of hydrogen-bond donors (Lipinski definition) is 2. The van der Waals surface area contributed by atoms with E-state index in [0.29, 0.717) is 57.3 Å². The van der Waals surface area contributed by atoms with Crippen molar-refractivity contribution in [2.45, 2.75) is 18.9 Å². The summed E-state index contributed by atoms with van der Waals surface area (Å²) in [4.78, 5) is 34.5. The zero-order chi connectivity index (χ0) is 41.0. The van der Waals surface area contributed by atoms with Crippen LogP contribution in [-0.2, 0) is 11.1 Å². The van der Waals surface area contributed by atoms with Crippen molar-refractivity contribution in [1.29, 1.82) is 0 Å². The average molecular weight is 841 g/mol. The Hall–Kier alpha value is -5.52. The van der Waals surface area contributed by atoms with E-state index in [2.05, 4.69) is 30.3 Å². The second-order valence-electron chi connectivity index (χ2n) is 14.4. The Morgan fingerprint density at radius 1 is 0.949 bits per heavy atom. The number of ether oxygens (including phenoxy) is 1. The number of nitrogens with zero attached hydrogens (tertiary/aromatic N) is 7. The molecule has 3 aromatic carbocycles. The molecule has 2 saturated heterocycles. The number of pyridine rings is 1. The van der Waals surface area contributed by atoms with E-state index in [9.17, 15) is 22.3 Å². The molecule has 0 spiro atoms. The predicted octanol–water partition coefficient (Wildman–Crippen LogP) is 6.86. The number of para-hydroxylation sites is 1. The molecule has 2 aliphatic heterocycles. The SMILES string of the molecule is COc1cc(N2CCC(N3CCN(CCS(=O)[O-])CC3)CC2)c(Cl)cc1Nc1nccc(-c2c(-c3cccc(C(=O)Nc4c(F)cccc4F)c3)nc3ccccn23)n1. The number of amides is 1. The fourth-order valence-electron chi connectivity index (χ4n) is 7.80. The largest absolute Gasteiger partial charge is 0.772 e. The Bertz CT molecular complexity index is 2490. The van der Waals surface area contributed by atoms with Gasteiger partial charge in [-0.1, -0.05) is 46.9 Å². The van der Waals surface area contributed by atoms with E-state index in [1.54, 1.807) is 43.6 Å². The van der Waals surface area contributed by atoms with Gasteiger partial charge in [0.05, 0.1) is 40.6 Å². The minimum absolute atomic E-state index is 0.174. The third-order valence-electron chi connectivity index (χ3n) is 10.8. The van der Waals surface area contributed by atoms with Crippen LogP contribution < -0.4 is 20.3 Å². The van der Waals surface area contributed by atoms with Crippen molar-refractivity contribution in [2.75, 3.05) is 74.2 Å². The van der Waals surface area contributed by atoms with E-state index in [1.165, 1.54) is 6.07 Å². The predicted molar refractivity (Wildman–Crippen MR) is 224 cm³/mol. The topological polar surface area (TPSA) is 143 Å². The number of carbonyl (C=O) groups is 1. The third kappa shape index (κ3) is 8.91. The number of halogens is 3. The van der Waals surface area contributed by atoms with Crippen molar-refractivity contribution in [3.8, 4) is 28.4 Å². The maximum absolute atomic E-state index is 14.3. The zero-order valence-electron chi connectivity index (χ0n) is 32.1. The molecule has 1 amide bonds. The monoisotopic (exact) mass is 840 g/mol. The lowest BCUT2D eigenvalue weighted by molar-refractivity contribution is 0.0881. The first kappa shape index (κ1) is 40.3. The Kier molecular flexibility index (Phi) is 12.1. The lowest BCUT2D eigenvalue weighted by Gasteiger charge is -2.43. The maximum Gasteiger partial charge on any atom is 0.255 e. The highest BCUT2D eigenvalue weighted by molar-refractivity contribution is 7.79. The Balaban J connectivity index is 0.999. The molecule has 1 unspecified atom stereocenters. The first-order valence-electron chi connectivity index (χ1n) is 19.2. The van der Waals surface area contributed by atoms with Crippen molar-refractivity contribution in [1.82, 2.24) is 29.2 Å². The smallest absolute Gasteiger partial charge is 0.255 e. The van der Waals surface area contributed by atoms with Crippen LogP contribution in [-0.4, -0.2) is 109 Å². The lowest BCUT2D eigenvalue weighted by atomic mass is 10.0. The van der Waals surface area contributed by atoms with Crippen molar-refractivity contribution in [3.63, 3.8) is 0 Å². The second-order valence-corrected chi connectivity index (χ2v) is 15.8. The zero-order valence-corrected chi connectivity index (χ0v) is 33.7. The molecule has 0 saturated carbocycles. The van der Waals surface area contributed by atoms with Gasteiger partial charge in [-0.25, -0.2) is 23.7 Å². The molecule has 59 heavy (non-hydrogen) atoms. The summed E-state index contributed by atoms with van der Waals surface area (Å²) in [5, 5.41) is 6.19. The highest BCUT2D eigenvalue weighted by Gasteiger charge is 2.29. The lowest BCUT2D eigenvalue weighted by Crippen LogP contribution is -2.53. The minimum atomic E-state index is -2.01. The van der Waals surface area contributed by atoms with E-state index in [1.807, 2.05) is 40.9 Å². The molecule has 306 valence electrons. The quantitative estimate of drug-likeness (QED) is 0.125. The van der Waals surface area contributed by atoms with Crippen molar-refractivity contribution < 1.29 is 27.1 Å². The van der Waals surface area contributed by atoms with Gasteiger partial charge in [0.2, 0.25) is 5.95 Å². The number of carbonyl (C=O) groups excluding carboxylic acids is 1. The van der Waals surface area contributed by atoms with Crippen LogP contribution in [0, 0.1) is 11.6 Å². The molecule has 0 bridgehead atoms. The molecule has 2 N–H and O–H groups in total. The van der Waals surface area contributed by atoms with Crippen LogP contribution in [0.5, 0.6) is 5.75 Å². The molecular formula is C42H41ClF2N9O4S-. The fourth-order valence-corrected chi connectivity index (χ4v) is 8.49. The summed E-state index contributed by atoms with van der Waals surface area (Å²) in [6.45, 7) is 5.86. The number of hydrogen-bond acceptors (Lipinski definition) is 11. The summed E-state index contributed by atoms with van der Waals surface area (Å²) in [5.41, 5.74) is 4.02. The Morgan fingerprint density at radius 3 is 2.46 bits per heavy atom. The van der Waals surface area contributed by atoms with Crippen LogP contribution >= 0.6 is 11.6 Å². The number of fused-ring (bicyclic) bond motifs is 1. The first-order valence-corrected chi connectivity index (χ1v) is 20.9. The fraction of sp³-hybridized carbons (Fsp3) is 0.286. The molecule has 2 fully saturated rings. The normalized spacial score (nSPS) is 16.0. The molecule has 2 aliphatic rings. The molecular weight excluding hydrogens is 800 g/mol. The van der Waals surface area contributed by atoms with Crippen molar-refractivity contribution >= 4 is 57.2 Å². The van der Waals surface area contributed by atoms with Gasteiger partial charge < -0.3 is 24.8 Å². The summed E-state index contributed by atoms with van der Waals surface area (Å²) in [7, 11) is 1.60. The number of piperazine rings is 1. The summed E-state index contributed by atoms with van der Waals surface area (Å²) < 4.78 is 58.4. The third-order valence-corrected chi connectivity index (χ3v) is 11.7. The van der Waals surface area contributed by atoms with Gasteiger partial charge >= 0.3 is 0 Å². The minimum Gasteiger partial charge on any atom is -0.772 e. The summed E-state index contributed by atoms with van der Waals surface area (Å²) >= 11 is 4.95. The number of benzene rings is 3. The van der Waals surface area contributed by atoms with E-state index in [4.69, 9.17) is 26.3 Å². The standard InChI is InChI=1S/C42H42ClF2N9O4S/c1-58-36-26-35(53-16-12-29(13-17-53)52-20-18-51(19-21-52)22-23-59(56)57)30(43)25-34(36)48-42-46-14-11-33(47-42)40-38(49-37-10-2-3-15-54(37)40)27-6-4-7-28(24-27)41(55)50-39-31(44)8-5-9-32(39)45/h2-11,14-15,24-26,29H,12-13,16-23H2,1H3,(H,50,55)(H,56,57)(H,46,47,48)/p-1. The van der Waals surface area contributed by atoms with E-state index >= 15 is 0 Å². The van der Waals surface area contributed by atoms with Gasteiger partial charge in [-0.05, 0) is 61.4 Å². The number of imidazole rings is 1. The highest BCUT2D eigenvalue weighted by atomic mass is 35.5. The van der Waals surface area contributed by atoms with Gasteiger partial charge in [-0.15, -0.1) is 0 Å². The second kappa shape index (κ2) is 17.8. The Morgan fingerprint density at radius 2 is 1.71 bits per heavy atom. The van der Waals surface area contributed by atoms with Crippen molar-refractivity contribution in [3.05, 3.63) is 113 Å². The van der Waals surface area contributed by atoms with Gasteiger partial charge in [0, 0.05) is 87.2 Å².